The summed E-state index contributed by atoms with van der Waals surface area (Å²) < 4.78 is 71.1. The number of thioether (sulfide) groups is 1. The van der Waals surface area contributed by atoms with Gasteiger partial charge in [-0.1, -0.05) is 41.4 Å². The van der Waals surface area contributed by atoms with Crippen LogP contribution in [0.1, 0.15) is 16.8 Å². The highest BCUT2D eigenvalue weighted by Gasteiger charge is 2.34. The van der Waals surface area contributed by atoms with Gasteiger partial charge in [-0.3, -0.25) is 0 Å². The van der Waals surface area contributed by atoms with Crippen LogP contribution < -0.4 is 4.18 Å². The molecule has 0 fully saturated rings. The molecule has 1 aromatic heterocycles. The van der Waals surface area contributed by atoms with Crippen molar-refractivity contribution in [1.29, 1.82) is 0 Å². The maximum Gasteiger partial charge on any atom is 0.416 e. The van der Waals surface area contributed by atoms with Gasteiger partial charge in [-0.2, -0.15) is 43.1 Å². The fourth-order valence-corrected chi connectivity index (χ4v) is 5.53. The fourth-order valence-electron chi connectivity index (χ4n) is 2.90. The smallest absolute Gasteiger partial charge is 0.358 e. The summed E-state index contributed by atoms with van der Waals surface area (Å²) in [5.41, 5.74) is -0.0586. The van der Waals surface area contributed by atoms with Crippen LogP contribution in [0.5, 0.6) is 5.88 Å². The Morgan fingerprint density at radius 3 is 2.30 bits per heavy atom. The molecule has 12 heteroatoms. The molecule has 0 aliphatic carbocycles. The minimum Gasteiger partial charge on any atom is -0.358 e. The zero-order chi connectivity index (χ0) is 21.7. The predicted octanol–water partition coefficient (Wildman–Crippen LogP) is 5.71. The number of hydrogen-bond donors (Lipinski definition) is 0. The Morgan fingerprint density at radius 2 is 1.70 bits per heavy atom. The Bertz CT molecular complexity index is 1210. The van der Waals surface area contributed by atoms with Gasteiger partial charge in [-0.15, -0.1) is 0 Å². The van der Waals surface area contributed by atoms with Crippen LogP contribution in [0.2, 0.25) is 10.0 Å². The van der Waals surface area contributed by atoms with Crippen molar-refractivity contribution < 1.29 is 25.8 Å². The molecule has 3 aromatic rings. The van der Waals surface area contributed by atoms with Gasteiger partial charge < -0.3 is 4.18 Å². The first-order chi connectivity index (χ1) is 14.1. The van der Waals surface area contributed by atoms with Crippen molar-refractivity contribution in [2.75, 3.05) is 0 Å². The third kappa shape index (κ3) is 3.89. The third-order valence-electron chi connectivity index (χ3n) is 4.28. The van der Waals surface area contributed by atoms with E-state index in [1.807, 2.05) is 0 Å². The summed E-state index contributed by atoms with van der Waals surface area (Å²) in [5.74, 6) is 0.757. The van der Waals surface area contributed by atoms with Crippen molar-refractivity contribution in [3.63, 3.8) is 0 Å². The van der Waals surface area contributed by atoms with E-state index in [9.17, 15) is 21.6 Å². The maximum atomic E-state index is 13.1. The highest BCUT2D eigenvalue weighted by molar-refractivity contribution is 7.98. The van der Waals surface area contributed by atoms with Crippen molar-refractivity contribution in [2.45, 2.75) is 22.6 Å². The van der Waals surface area contributed by atoms with E-state index in [4.69, 9.17) is 27.4 Å². The minimum absolute atomic E-state index is 0.0817. The molecule has 0 unspecified atom stereocenters. The van der Waals surface area contributed by atoms with Crippen molar-refractivity contribution in [1.82, 2.24) is 9.78 Å². The first-order valence-corrected chi connectivity index (χ1v) is 11.6. The second-order valence-electron chi connectivity index (χ2n) is 6.27. The molecule has 1 aliphatic rings. The Hall–Kier alpha value is -1.88. The van der Waals surface area contributed by atoms with Crippen LogP contribution in [-0.2, 0) is 27.8 Å². The molecule has 30 heavy (non-hydrogen) atoms. The highest BCUT2D eigenvalue weighted by atomic mass is 35.5. The van der Waals surface area contributed by atoms with Crippen molar-refractivity contribution in [3.8, 4) is 11.6 Å². The number of rotatable bonds is 4. The highest BCUT2D eigenvalue weighted by Crippen LogP contribution is 2.43. The normalized spacial score (nSPS) is 14.0. The van der Waals surface area contributed by atoms with Gasteiger partial charge in [-0.05, 0) is 24.3 Å². The molecule has 1 aliphatic heterocycles. The lowest BCUT2D eigenvalue weighted by Crippen LogP contribution is -2.14. The predicted molar refractivity (Wildman–Crippen MR) is 108 cm³/mol. The van der Waals surface area contributed by atoms with Gasteiger partial charge in [0.05, 0.1) is 21.3 Å². The fraction of sp³-hybridized carbons (Fsp3) is 0.167. The number of alkyl halides is 3. The average Bonchev–Trinajstić information content (AvgIpc) is 3.24. The Balaban J connectivity index is 1.86. The van der Waals surface area contributed by atoms with Crippen LogP contribution in [0.25, 0.3) is 5.69 Å². The SMILES string of the molecule is O=S(=O)(Oc1c2c(nn1-c1c(Cl)cc(C(F)(F)F)cc1Cl)CSC2)c1ccccc1. The number of nitrogens with zero attached hydrogens (tertiary/aromatic N) is 2. The Labute approximate surface area is 183 Å². The van der Waals surface area contributed by atoms with Gasteiger partial charge in [0.1, 0.15) is 10.6 Å². The van der Waals surface area contributed by atoms with E-state index in [2.05, 4.69) is 5.10 Å². The molecule has 4 rings (SSSR count). The standard InChI is InChI=1S/C18H11Cl2F3N2O3S2/c19-13-6-10(18(21,22)23)7-14(20)16(13)25-17(12-8-29-9-15(12)24-25)28-30(26,27)11-4-2-1-3-5-11/h1-7H,8-9H2. The summed E-state index contributed by atoms with van der Waals surface area (Å²) in [6, 6.07) is 8.87. The molecular weight excluding hydrogens is 484 g/mol. The van der Waals surface area contributed by atoms with E-state index >= 15 is 0 Å². The summed E-state index contributed by atoms with van der Waals surface area (Å²) in [4.78, 5) is -0.0817. The molecule has 2 heterocycles. The first-order valence-electron chi connectivity index (χ1n) is 8.32. The lowest BCUT2D eigenvalue weighted by atomic mass is 10.2. The number of aromatic nitrogens is 2. The molecule has 0 atom stereocenters. The van der Waals surface area contributed by atoms with E-state index in [-0.39, 0.29) is 26.5 Å². The van der Waals surface area contributed by atoms with E-state index < -0.39 is 21.9 Å². The van der Waals surface area contributed by atoms with E-state index in [0.29, 0.717) is 34.9 Å². The number of fused-ring (bicyclic) bond motifs is 1. The number of halogens is 5. The molecule has 0 spiro atoms. The molecule has 0 bridgehead atoms. The van der Waals surface area contributed by atoms with Crippen molar-refractivity contribution in [3.05, 3.63) is 69.3 Å². The zero-order valence-corrected chi connectivity index (χ0v) is 17.9. The molecule has 158 valence electrons. The Kier molecular flexibility index (Phi) is 5.46. The van der Waals surface area contributed by atoms with Gasteiger partial charge in [0, 0.05) is 17.1 Å². The summed E-state index contributed by atoms with van der Waals surface area (Å²) in [5, 5.41) is 3.62. The molecule has 2 aromatic carbocycles. The van der Waals surface area contributed by atoms with E-state index in [1.165, 1.54) is 36.0 Å². The lowest BCUT2D eigenvalue weighted by molar-refractivity contribution is -0.137. The van der Waals surface area contributed by atoms with Crippen molar-refractivity contribution in [2.24, 2.45) is 0 Å². The topological polar surface area (TPSA) is 61.2 Å². The summed E-state index contributed by atoms with van der Waals surface area (Å²) in [7, 11) is -4.23. The largest absolute Gasteiger partial charge is 0.416 e. The third-order valence-corrected chi connectivity index (χ3v) is 7.05. The molecule has 0 radical (unpaired) electrons. The molecule has 5 nitrogen and oxygen atoms in total. The quantitative estimate of drug-likeness (QED) is 0.434. The Morgan fingerprint density at radius 1 is 1.07 bits per heavy atom. The first kappa shape index (κ1) is 21.4. The van der Waals surface area contributed by atoms with Crippen LogP contribution in [0.3, 0.4) is 0 Å². The number of benzene rings is 2. The molecule has 0 amide bonds. The minimum atomic E-state index is -4.65. The van der Waals surface area contributed by atoms with Gasteiger partial charge in [0.15, 0.2) is 0 Å². The van der Waals surface area contributed by atoms with Crippen LogP contribution >= 0.6 is 35.0 Å². The van der Waals surface area contributed by atoms with E-state index in [1.54, 1.807) is 6.07 Å². The van der Waals surface area contributed by atoms with Crippen molar-refractivity contribution >= 4 is 45.1 Å². The lowest BCUT2D eigenvalue weighted by Gasteiger charge is -2.15. The molecule has 0 saturated heterocycles. The summed E-state index contributed by atoms with van der Waals surface area (Å²) >= 11 is 13.7. The summed E-state index contributed by atoms with van der Waals surface area (Å²) in [6.07, 6.45) is -4.65. The average molecular weight is 495 g/mol. The second-order valence-corrected chi connectivity index (χ2v) is 9.62. The molecular formula is C18H11Cl2F3N2O3S2. The number of hydrogen-bond acceptors (Lipinski definition) is 5. The van der Waals surface area contributed by atoms with Gasteiger partial charge in [0.25, 0.3) is 0 Å². The van der Waals surface area contributed by atoms with Crippen LogP contribution in [-0.4, -0.2) is 18.2 Å². The van der Waals surface area contributed by atoms with Gasteiger partial charge >= 0.3 is 16.3 Å². The molecule has 0 N–H and O–H groups in total. The van der Waals surface area contributed by atoms with Gasteiger partial charge in [0.2, 0.25) is 5.88 Å². The van der Waals surface area contributed by atoms with E-state index in [0.717, 1.165) is 4.68 Å². The van der Waals surface area contributed by atoms with Gasteiger partial charge in [-0.25, -0.2) is 0 Å². The summed E-state index contributed by atoms with van der Waals surface area (Å²) in [6.45, 7) is 0. The van der Waals surface area contributed by atoms with Crippen LogP contribution in [0.4, 0.5) is 13.2 Å². The monoisotopic (exact) mass is 494 g/mol. The maximum absolute atomic E-state index is 13.1. The second kappa shape index (κ2) is 7.67. The van der Waals surface area contributed by atoms with Crippen LogP contribution in [0.15, 0.2) is 47.4 Å². The zero-order valence-electron chi connectivity index (χ0n) is 14.8. The molecule has 0 saturated carbocycles. The van der Waals surface area contributed by atoms with Crippen LogP contribution in [0, 0.1) is 0 Å².